The Balaban J connectivity index is 2.25. The quantitative estimate of drug-likeness (QED) is 0.476. The van der Waals surface area contributed by atoms with Crippen LogP contribution in [-0.2, 0) is 0 Å². The average molecular weight is 284 g/mol. The SMILES string of the molecule is CCCC[Si](C)(CCCC)CCCN1CCCCC1. The molecule has 1 nitrogen and oxygen atoms in total. The van der Waals surface area contributed by atoms with Crippen molar-refractivity contribution in [3.63, 3.8) is 0 Å². The van der Waals surface area contributed by atoms with Crippen molar-refractivity contribution in [2.24, 2.45) is 0 Å². The number of rotatable bonds is 10. The summed E-state index contributed by atoms with van der Waals surface area (Å²) in [5, 5.41) is 0. The number of unbranched alkanes of at least 4 members (excludes halogenated alkanes) is 2. The van der Waals surface area contributed by atoms with Crippen LogP contribution in [0.3, 0.4) is 0 Å². The van der Waals surface area contributed by atoms with E-state index in [1.165, 1.54) is 71.0 Å². The van der Waals surface area contributed by atoms with E-state index in [-0.39, 0.29) is 0 Å². The fourth-order valence-electron chi connectivity index (χ4n) is 3.49. The van der Waals surface area contributed by atoms with Crippen LogP contribution in [0.25, 0.3) is 0 Å². The third-order valence-corrected chi connectivity index (χ3v) is 9.65. The molecule has 0 N–H and O–H groups in total. The van der Waals surface area contributed by atoms with E-state index in [0.29, 0.717) is 0 Å². The first-order valence-electron chi connectivity index (χ1n) is 8.92. The highest BCUT2D eigenvalue weighted by atomic mass is 28.3. The van der Waals surface area contributed by atoms with Crippen LogP contribution in [0.5, 0.6) is 0 Å². The van der Waals surface area contributed by atoms with Gasteiger partial charge in [0.05, 0.1) is 8.07 Å². The van der Waals surface area contributed by atoms with Crippen LogP contribution in [-0.4, -0.2) is 32.6 Å². The van der Waals surface area contributed by atoms with Crippen molar-refractivity contribution >= 4 is 8.07 Å². The lowest BCUT2D eigenvalue weighted by atomic mass is 10.1. The summed E-state index contributed by atoms with van der Waals surface area (Å²) in [6.07, 6.45) is 11.6. The lowest BCUT2D eigenvalue weighted by Gasteiger charge is -2.30. The van der Waals surface area contributed by atoms with Gasteiger partial charge in [-0.1, -0.05) is 70.6 Å². The van der Waals surface area contributed by atoms with Crippen molar-refractivity contribution in [2.75, 3.05) is 19.6 Å². The van der Waals surface area contributed by atoms with Gasteiger partial charge in [0, 0.05) is 0 Å². The second-order valence-electron chi connectivity index (χ2n) is 7.02. The molecule has 0 spiro atoms. The molecule has 0 aromatic rings. The molecule has 1 rings (SSSR count). The Hall–Kier alpha value is 0.177. The zero-order valence-corrected chi connectivity index (χ0v) is 14.8. The summed E-state index contributed by atoms with van der Waals surface area (Å²) in [5.74, 6) is 0. The molecule has 0 atom stereocenters. The Morgan fingerprint density at radius 2 is 1.32 bits per heavy atom. The Morgan fingerprint density at radius 1 is 0.789 bits per heavy atom. The first kappa shape index (κ1) is 17.2. The monoisotopic (exact) mass is 283 g/mol. The van der Waals surface area contributed by atoms with Gasteiger partial charge in [-0.3, -0.25) is 0 Å². The molecule has 0 aromatic heterocycles. The highest BCUT2D eigenvalue weighted by Gasteiger charge is 2.25. The highest BCUT2D eigenvalue weighted by molar-refractivity contribution is 6.78. The molecule has 2 heteroatoms. The van der Waals surface area contributed by atoms with Crippen molar-refractivity contribution in [3.05, 3.63) is 0 Å². The van der Waals surface area contributed by atoms with Crippen LogP contribution in [0.15, 0.2) is 0 Å². The molecule has 1 aliphatic rings. The van der Waals surface area contributed by atoms with Crippen LogP contribution in [0, 0.1) is 0 Å². The van der Waals surface area contributed by atoms with Crippen LogP contribution in [0.2, 0.25) is 24.7 Å². The van der Waals surface area contributed by atoms with Crippen LogP contribution < -0.4 is 0 Å². The molecule has 0 radical (unpaired) electrons. The number of likely N-dealkylation sites (tertiary alicyclic amines) is 1. The summed E-state index contributed by atoms with van der Waals surface area (Å²) in [7, 11) is -0.903. The van der Waals surface area contributed by atoms with E-state index in [1.54, 1.807) is 18.1 Å². The molecular weight excluding hydrogens is 246 g/mol. The molecule has 0 aliphatic carbocycles. The van der Waals surface area contributed by atoms with Crippen molar-refractivity contribution in [1.82, 2.24) is 4.90 Å². The summed E-state index contributed by atoms with van der Waals surface area (Å²) in [4.78, 5) is 2.72. The molecule has 0 bridgehead atoms. The van der Waals surface area contributed by atoms with E-state index < -0.39 is 8.07 Å². The van der Waals surface area contributed by atoms with Crippen molar-refractivity contribution in [3.8, 4) is 0 Å². The maximum Gasteiger partial charge on any atom is 0.0505 e. The third kappa shape index (κ3) is 7.50. The van der Waals surface area contributed by atoms with Gasteiger partial charge in [-0.05, 0) is 38.9 Å². The molecule has 19 heavy (non-hydrogen) atoms. The summed E-state index contributed by atoms with van der Waals surface area (Å²) in [6.45, 7) is 11.5. The molecule has 0 aromatic carbocycles. The van der Waals surface area contributed by atoms with Crippen molar-refractivity contribution < 1.29 is 0 Å². The van der Waals surface area contributed by atoms with Crippen molar-refractivity contribution in [2.45, 2.75) is 89.9 Å². The van der Waals surface area contributed by atoms with E-state index in [2.05, 4.69) is 25.3 Å². The lowest BCUT2D eigenvalue weighted by molar-refractivity contribution is 0.229. The lowest BCUT2D eigenvalue weighted by Crippen LogP contribution is -2.34. The second kappa shape index (κ2) is 9.98. The first-order chi connectivity index (χ1) is 9.20. The molecule has 1 fully saturated rings. The van der Waals surface area contributed by atoms with Gasteiger partial charge in [0.1, 0.15) is 0 Å². The second-order valence-corrected chi connectivity index (χ2v) is 12.1. The number of hydrogen-bond acceptors (Lipinski definition) is 1. The van der Waals surface area contributed by atoms with E-state index in [9.17, 15) is 0 Å². The Kier molecular flexibility index (Phi) is 9.05. The largest absolute Gasteiger partial charge is 0.303 e. The fourth-order valence-corrected chi connectivity index (χ4v) is 7.67. The predicted octanol–water partition coefficient (Wildman–Crippen LogP) is 5.54. The van der Waals surface area contributed by atoms with E-state index in [1.807, 2.05) is 0 Å². The Bertz CT molecular complexity index is 203. The molecule has 1 heterocycles. The number of hydrogen-bond donors (Lipinski definition) is 0. The van der Waals surface area contributed by atoms with Gasteiger partial charge in [-0.2, -0.15) is 0 Å². The first-order valence-corrected chi connectivity index (χ1v) is 12.0. The minimum atomic E-state index is -0.903. The Morgan fingerprint density at radius 3 is 1.84 bits per heavy atom. The van der Waals surface area contributed by atoms with E-state index in [0.717, 1.165) is 0 Å². The van der Waals surface area contributed by atoms with Gasteiger partial charge >= 0.3 is 0 Å². The zero-order valence-electron chi connectivity index (χ0n) is 13.8. The standard InChI is InChI=1S/C17H37NSi/c1-4-6-15-19(3,16-7-5-2)17-11-14-18-12-9-8-10-13-18/h4-17H2,1-3H3. The maximum atomic E-state index is 2.72. The molecule has 1 saturated heterocycles. The fraction of sp³-hybridized carbons (Fsp3) is 1.00. The molecule has 114 valence electrons. The average Bonchev–Trinajstić information content (AvgIpc) is 2.44. The smallest absolute Gasteiger partial charge is 0.0505 e. The predicted molar refractivity (Wildman–Crippen MR) is 90.8 cm³/mol. The summed E-state index contributed by atoms with van der Waals surface area (Å²) < 4.78 is 0. The number of nitrogens with zero attached hydrogens (tertiary/aromatic N) is 1. The van der Waals surface area contributed by atoms with Gasteiger partial charge in [-0.15, -0.1) is 0 Å². The molecule has 1 aliphatic heterocycles. The summed E-state index contributed by atoms with van der Waals surface area (Å²) in [6, 6.07) is 4.76. The van der Waals surface area contributed by atoms with Crippen molar-refractivity contribution in [1.29, 1.82) is 0 Å². The van der Waals surface area contributed by atoms with E-state index in [4.69, 9.17) is 0 Å². The minimum Gasteiger partial charge on any atom is -0.303 e. The molecule has 0 unspecified atom stereocenters. The Labute approximate surface area is 123 Å². The topological polar surface area (TPSA) is 3.24 Å². The molecular formula is C17H37NSi. The van der Waals surface area contributed by atoms with Crippen LogP contribution >= 0.6 is 0 Å². The van der Waals surface area contributed by atoms with Gasteiger partial charge in [0.15, 0.2) is 0 Å². The van der Waals surface area contributed by atoms with Gasteiger partial charge in [-0.25, -0.2) is 0 Å². The zero-order chi connectivity index (χ0) is 14.0. The van der Waals surface area contributed by atoms with Crippen LogP contribution in [0.1, 0.15) is 65.2 Å². The van der Waals surface area contributed by atoms with Gasteiger partial charge < -0.3 is 4.90 Å². The highest BCUT2D eigenvalue weighted by Crippen LogP contribution is 2.27. The molecule has 0 amide bonds. The maximum absolute atomic E-state index is 2.72. The third-order valence-electron chi connectivity index (χ3n) is 4.97. The minimum absolute atomic E-state index is 0.903. The van der Waals surface area contributed by atoms with E-state index >= 15 is 0 Å². The summed E-state index contributed by atoms with van der Waals surface area (Å²) in [5.41, 5.74) is 0. The van der Waals surface area contributed by atoms with Crippen LogP contribution in [0.4, 0.5) is 0 Å². The van der Waals surface area contributed by atoms with Gasteiger partial charge in [0.2, 0.25) is 0 Å². The summed E-state index contributed by atoms with van der Waals surface area (Å²) >= 11 is 0. The molecule has 0 saturated carbocycles. The van der Waals surface area contributed by atoms with Gasteiger partial charge in [0.25, 0.3) is 0 Å². The normalized spacial score (nSPS) is 17.8. The number of piperidine rings is 1.